The molecule has 146 valence electrons. The van der Waals surface area contributed by atoms with Crippen LogP contribution in [0.4, 0.5) is 0 Å². The quantitative estimate of drug-likeness (QED) is 0.658. The molecule has 2 aromatic rings. The number of thioether (sulfide) groups is 1. The maximum absolute atomic E-state index is 13.0. The molecular formula is C22H29ClN2OS. The predicted octanol–water partition coefficient (Wildman–Crippen LogP) is 5.00. The summed E-state index contributed by atoms with van der Waals surface area (Å²) < 4.78 is 0. The lowest BCUT2D eigenvalue weighted by Crippen LogP contribution is -2.46. The van der Waals surface area contributed by atoms with Crippen molar-refractivity contribution in [3.05, 3.63) is 65.7 Å². The van der Waals surface area contributed by atoms with Gasteiger partial charge in [-0.2, -0.15) is 0 Å². The average Bonchev–Trinajstić information content (AvgIpc) is 2.72. The number of carbonyl (C=O) groups excluding carboxylic acids is 1. The summed E-state index contributed by atoms with van der Waals surface area (Å²) in [5.74, 6) is 1.13. The second-order valence-corrected chi connectivity index (χ2v) is 7.83. The Labute approximate surface area is 173 Å². The largest absolute Gasteiger partial charge is 0.336 e. The number of amides is 1. The number of nitrogens with one attached hydrogen (secondary N) is 1. The van der Waals surface area contributed by atoms with E-state index in [4.69, 9.17) is 0 Å². The van der Waals surface area contributed by atoms with Crippen LogP contribution >= 0.6 is 24.2 Å². The van der Waals surface area contributed by atoms with Gasteiger partial charge in [-0.1, -0.05) is 37.3 Å². The zero-order valence-corrected chi connectivity index (χ0v) is 17.5. The van der Waals surface area contributed by atoms with Gasteiger partial charge in [-0.15, -0.1) is 24.2 Å². The van der Waals surface area contributed by atoms with Gasteiger partial charge in [-0.25, -0.2) is 0 Å². The topological polar surface area (TPSA) is 32.3 Å². The molecule has 0 aromatic heterocycles. The Morgan fingerprint density at radius 1 is 1.07 bits per heavy atom. The Kier molecular flexibility index (Phi) is 9.19. The minimum absolute atomic E-state index is 0. The molecule has 5 heteroatoms. The van der Waals surface area contributed by atoms with E-state index in [9.17, 15) is 4.79 Å². The number of hydrogen-bond donors (Lipinski definition) is 1. The van der Waals surface area contributed by atoms with Crippen molar-refractivity contribution in [1.82, 2.24) is 10.2 Å². The van der Waals surface area contributed by atoms with Gasteiger partial charge in [0.05, 0.1) is 0 Å². The van der Waals surface area contributed by atoms with Crippen molar-refractivity contribution < 1.29 is 4.79 Å². The Bertz CT molecular complexity index is 687. The van der Waals surface area contributed by atoms with Crippen LogP contribution in [0.3, 0.4) is 0 Å². The summed E-state index contributed by atoms with van der Waals surface area (Å²) >= 11 is 1.81. The normalized spacial score (nSPS) is 14.4. The molecule has 1 N–H and O–H groups in total. The molecule has 1 amide bonds. The van der Waals surface area contributed by atoms with E-state index in [1.807, 2.05) is 30.0 Å². The summed E-state index contributed by atoms with van der Waals surface area (Å²) in [7, 11) is 0. The van der Waals surface area contributed by atoms with Crippen LogP contribution in [0.1, 0.15) is 42.1 Å². The van der Waals surface area contributed by atoms with Crippen LogP contribution in [0.15, 0.2) is 59.5 Å². The number of rotatable bonds is 7. The minimum atomic E-state index is 0. The molecule has 0 aliphatic carbocycles. The molecule has 0 bridgehead atoms. The molecule has 0 spiro atoms. The number of benzene rings is 2. The number of piperidine rings is 1. The molecule has 0 atom stereocenters. The highest BCUT2D eigenvalue weighted by Crippen LogP contribution is 2.24. The fraction of sp³-hybridized carbons (Fsp3) is 0.409. The molecule has 3 nitrogen and oxygen atoms in total. The molecule has 1 saturated heterocycles. The Morgan fingerprint density at radius 3 is 2.37 bits per heavy atom. The highest BCUT2D eigenvalue weighted by atomic mass is 35.5. The summed E-state index contributed by atoms with van der Waals surface area (Å²) in [4.78, 5) is 16.3. The minimum Gasteiger partial charge on any atom is -0.336 e. The monoisotopic (exact) mass is 404 g/mol. The molecule has 0 unspecified atom stereocenters. The summed E-state index contributed by atoms with van der Waals surface area (Å²) in [5.41, 5.74) is 2.12. The first-order chi connectivity index (χ1) is 12.8. The molecule has 2 aromatic carbocycles. The van der Waals surface area contributed by atoms with Crippen LogP contribution in [-0.2, 0) is 5.75 Å². The van der Waals surface area contributed by atoms with Gasteiger partial charge in [0.2, 0.25) is 0 Å². The van der Waals surface area contributed by atoms with E-state index in [1.165, 1.54) is 10.5 Å². The van der Waals surface area contributed by atoms with E-state index in [-0.39, 0.29) is 18.3 Å². The fourth-order valence-corrected chi connectivity index (χ4v) is 4.26. The van der Waals surface area contributed by atoms with Crippen molar-refractivity contribution in [3.8, 4) is 0 Å². The van der Waals surface area contributed by atoms with Gasteiger partial charge in [-0.3, -0.25) is 4.79 Å². The third kappa shape index (κ3) is 6.27. The summed E-state index contributed by atoms with van der Waals surface area (Å²) in [5, 5.41) is 3.38. The zero-order valence-electron chi connectivity index (χ0n) is 15.9. The third-order valence-electron chi connectivity index (χ3n) is 4.82. The van der Waals surface area contributed by atoms with Gasteiger partial charge in [0.15, 0.2) is 0 Å². The number of nitrogens with zero attached hydrogens (tertiary/aromatic N) is 1. The average molecular weight is 405 g/mol. The van der Waals surface area contributed by atoms with Crippen LogP contribution < -0.4 is 5.32 Å². The van der Waals surface area contributed by atoms with E-state index < -0.39 is 0 Å². The Morgan fingerprint density at radius 2 is 1.74 bits per heavy atom. The van der Waals surface area contributed by atoms with Crippen molar-refractivity contribution in [2.45, 2.75) is 42.9 Å². The van der Waals surface area contributed by atoms with Crippen LogP contribution in [-0.4, -0.2) is 36.5 Å². The molecule has 1 fully saturated rings. The fourth-order valence-electron chi connectivity index (χ4n) is 3.41. The van der Waals surface area contributed by atoms with Gasteiger partial charge in [-0.05, 0) is 62.2 Å². The first-order valence-corrected chi connectivity index (χ1v) is 10.5. The van der Waals surface area contributed by atoms with Gasteiger partial charge >= 0.3 is 0 Å². The molecule has 0 radical (unpaired) electrons. The first-order valence-electron chi connectivity index (χ1n) is 9.56. The number of halogens is 1. The highest BCUT2D eigenvalue weighted by molar-refractivity contribution is 7.98. The van der Waals surface area contributed by atoms with Gasteiger partial charge in [0.25, 0.3) is 5.91 Å². The van der Waals surface area contributed by atoms with E-state index in [1.54, 1.807) is 0 Å². The standard InChI is InChI=1S/C22H28N2OS.ClH/c1-2-16-24(20-12-14-23-15-13-20)22(25)19-8-10-21(11-9-19)26-17-18-6-4-3-5-7-18;/h3-11,20,23H,2,12-17H2,1H3;1H. The van der Waals surface area contributed by atoms with Crippen molar-refractivity contribution in [1.29, 1.82) is 0 Å². The molecule has 1 aliphatic heterocycles. The summed E-state index contributed by atoms with van der Waals surface area (Å²) in [6.07, 6.45) is 3.11. The van der Waals surface area contributed by atoms with Crippen molar-refractivity contribution in [2.75, 3.05) is 19.6 Å². The number of hydrogen-bond acceptors (Lipinski definition) is 3. The van der Waals surface area contributed by atoms with Gasteiger partial charge < -0.3 is 10.2 Å². The van der Waals surface area contributed by atoms with Crippen LogP contribution in [0, 0.1) is 0 Å². The third-order valence-corrected chi connectivity index (χ3v) is 5.91. The van der Waals surface area contributed by atoms with Crippen molar-refractivity contribution in [2.24, 2.45) is 0 Å². The molecule has 3 rings (SSSR count). The van der Waals surface area contributed by atoms with Gasteiger partial charge in [0.1, 0.15) is 0 Å². The Balaban J connectivity index is 0.00000261. The van der Waals surface area contributed by atoms with Crippen LogP contribution in [0.5, 0.6) is 0 Å². The number of carbonyl (C=O) groups is 1. The molecule has 0 saturated carbocycles. The zero-order chi connectivity index (χ0) is 18.2. The molecule has 27 heavy (non-hydrogen) atoms. The molecule has 1 aliphatic rings. The first kappa shape index (κ1) is 21.8. The highest BCUT2D eigenvalue weighted by Gasteiger charge is 2.25. The summed E-state index contributed by atoms with van der Waals surface area (Å²) in [6.45, 7) is 5.00. The van der Waals surface area contributed by atoms with E-state index in [0.717, 1.165) is 50.2 Å². The second-order valence-electron chi connectivity index (χ2n) is 6.78. The Hall–Kier alpha value is -1.49. The van der Waals surface area contributed by atoms with Crippen LogP contribution in [0.2, 0.25) is 0 Å². The van der Waals surface area contributed by atoms with Gasteiger partial charge in [0, 0.05) is 28.8 Å². The maximum atomic E-state index is 13.0. The SMILES string of the molecule is CCCN(C(=O)c1ccc(SCc2ccccc2)cc1)C1CCNCC1.Cl. The smallest absolute Gasteiger partial charge is 0.254 e. The maximum Gasteiger partial charge on any atom is 0.254 e. The molecule has 1 heterocycles. The van der Waals surface area contributed by atoms with E-state index in [0.29, 0.717) is 6.04 Å². The predicted molar refractivity (Wildman–Crippen MR) is 117 cm³/mol. The summed E-state index contributed by atoms with van der Waals surface area (Å²) in [6, 6.07) is 19.0. The lowest BCUT2D eigenvalue weighted by Gasteiger charge is -2.34. The van der Waals surface area contributed by atoms with E-state index >= 15 is 0 Å². The lowest BCUT2D eigenvalue weighted by molar-refractivity contribution is 0.0642. The van der Waals surface area contributed by atoms with Crippen LogP contribution in [0.25, 0.3) is 0 Å². The van der Waals surface area contributed by atoms with E-state index in [2.05, 4.69) is 53.5 Å². The second kappa shape index (κ2) is 11.4. The lowest BCUT2D eigenvalue weighted by atomic mass is 10.0. The van der Waals surface area contributed by atoms with Crippen molar-refractivity contribution in [3.63, 3.8) is 0 Å². The molecular weight excluding hydrogens is 376 g/mol. The van der Waals surface area contributed by atoms with Crippen molar-refractivity contribution >= 4 is 30.1 Å².